The maximum absolute atomic E-state index is 9.01. The minimum Gasteiger partial charge on any atom is -0.393 e. The van der Waals surface area contributed by atoms with Gasteiger partial charge in [-0.15, -0.1) is 0 Å². The first kappa shape index (κ1) is 9.20. The molecule has 0 bridgehead atoms. The summed E-state index contributed by atoms with van der Waals surface area (Å²) in [6.07, 6.45) is 4.45. The van der Waals surface area contributed by atoms with Crippen LogP contribution in [0.15, 0.2) is 24.4 Å². The summed E-state index contributed by atoms with van der Waals surface area (Å²) >= 11 is 0. The van der Waals surface area contributed by atoms with Crippen LogP contribution in [0.1, 0.15) is 25.5 Å². The number of aromatic nitrogens is 1. The van der Waals surface area contributed by atoms with E-state index in [1.807, 2.05) is 25.1 Å². The van der Waals surface area contributed by atoms with Gasteiger partial charge in [-0.3, -0.25) is 4.98 Å². The van der Waals surface area contributed by atoms with Crippen molar-refractivity contribution >= 4 is 0 Å². The highest BCUT2D eigenvalue weighted by Crippen LogP contribution is 2.03. The largest absolute Gasteiger partial charge is 0.393 e. The van der Waals surface area contributed by atoms with Crippen molar-refractivity contribution in [2.75, 3.05) is 0 Å². The van der Waals surface area contributed by atoms with Gasteiger partial charge in [0.05, 0.1) is 6.10 Å². The molecule has 2 nitrogen and oxygen atoms in total. The molecule has 1 atom stereocenters. The summed E-state index contributed by atoms with van der Waals surface area (Å²) in [6.45, 7) is 1.82. The summed E-state index contributed by atoms with van der Waals surface area (Å²) in [5.74, 6) is 0. The zero-order chi connectivity index (χ0) is 8.81. The van der Waals surface area contributed by atoms with Gasteiger partial charge in [-0.25, -0.2) is 0 Å². The smallest absolute Gasteiger partial charge is 0.0512 e. The van der Waals surface area contributed by atoms with Gasteiger partial charge in [-0.05, 0) is 38.3 Å². The first-order valence-corrected chi connectivity index (χ1v) is 4.37. The van der Waals surface area contributed by atoms with Crippen LogP contribution in [-0.4, -0.2) is 16.2 Å². The number of aryl methyl sites for hydroxylation is 1. The Kier molecular flexibility index (Phi) is 3.74. The molecule has 0 fully saturated rings. The van der Waals surface area contributed by atoms with E-state index in [9.17, 15) is 0 Å². The van der Waals surface area contributed by atoms with E-state index in [-0.39, 0.29) is 6.10 Å². The summed E-state index contributed by atoms with van der Waals surface area (Å²) in [6, 6.07) is 5.92. The summed E-state index contributed by atoms with van der Waals surface area (Å²) in [5.41, 5.74) is 1.11. The lowest BCUT2D eigenvalue weighted by Gasteiger charge is -2.02. The van der Waals surface area contributed by atoms with Crippen LogP contribution < -0.4 is 0 Å². The normalized spacial score (nSPS) is 12.8. The van der Waals surface area contributed by atoms with Crippen molar-refractivity contribution in [3.05, 3.63) is 30.1 Å². The van der Waals surface area contributed by atoms with Gasteiger partial charge in [0.25, 0.3) is 0 Å². The number of aliphatic hydroxyl groups is 1. The Morgan fingerprint density at radius 1 is 1.50 bits per heavy atom. The molecule has 1 aromatic heterocycles. The highest BCUT2D eigenvalue weighted by molar-refractivity contribution is 5.03. The Morgan fingerprint density at radius 3 is 2.92 bits per heavy atom. The molecule has 0 radical (unpaired) electrons. The monoisotopic (exact) mass is 165 g/mol. The van der Waals surface area contributed by atoms with Crippen LogP contribution in [-0.2, 0) is 6.42 Å². The van der Waals surface area contributed by atoms with Crippen molar-refractivity contribution in [1.82, 2.24) is 4.98 Å². The van der Waals surface area contributed by atoms with Crippen molar-refractivity contribution in [1.29, 1.82) is 0 Å². The summed E-state index contributed by atoms with van der Waals surface area (Å²) in [4.78, 5) is 4.19. The molecular weight excluding hydrogens is 150 g/mol. The molecule has 1 aromatic rings. The Bertz CT molecular complexity index is 208. The highest BCUT2D eigenvalue weighted by atomic mass is 16.3. The molecule has 0 amide bonds. The average Bonchev–Trinajstić information content (AvgIpc) is 2.05. The number of hydrogen-bond acceptors (Lipinski definition) is 2. The summed E-state index contributed by atoms with van der Waals surface area (Å²) in [7, 11) is 0. The van der Waals surface area contributed by atoms with Gasteiger partial charge in [0, 0.05) is 11.9 Å². The molecular formula is C10H15NO. The molecule has 1 N–H and O–H groups in total. The minimum atomic E-state index is -0.186. The fraction of sp³-hybridized carbons (Fsp3) is 0.500. The molecule has 0 saturated carbocycles. The maximum atomic E-state index is 9.01. The molecule has 0 spiro atoms. The fourth-order valence-corrected chi connectivity index (χ4v) is 1.12. The van der Waals surface area contributed by atoms with E-state index in [1.54, 1.807) is 6.20 Å². The number of hydrogen-bond donors (Lipinski definition) is 1. The first-order valence-electron chi connectivity index (χ1n) is 4.37. The van der Waals surface area contributed by atoms with Gasteiger partial charge >= 0.3 is 0 Å². The van der Waals surface area contributed by atoms with Crippen LogP contribution in [0.4, 0.5) is 0 Å². The van der Waals surface area contributed by atoms with Crippen LogP contribution in [0.5, 0.6) is 0 Å². The van der Waals surface area contributed by atoms with Gasteiger partial charge in [0.1, 0.15) is 0 Å². The molecule has 0 aromatic carbocycles. The van der Waals surface area contributed by atoms with Gasteiger partial charge in [0.2, 0.25) is 0 Å². The maximum Gasteiger partial charge on any atom is 0.0512 e. The molecule has 0 aliphatic heterocycles. The Hall–Kier alpha value is -0.890. The standard InChI is InChI=1S/C10H15NO/c1-9(12)5-4-7-10-6-2-3-8-11-10/h2-3,6,8-9,12H,4-5,7H2,1H3/t9-/m1/s1. The van der Waals surface area contributed by atoms with E-state index in [1.165, 1.54) is 0 Å². The average molecular weight is 165 g/mol. The zero-order valence-corrected chi connectivity index (χ0v) is 7.40. The topological polar surface area (TPSA) is 33.1 Å². The molecule has 0 unspecified atom stereocenters. The second kappa shape index (κ2) is 4.88. The Labute approximate surface area is 73.3 Å². The number of pyridine rings is 1. The van der Waals surface area contributed by atoms with E-state index in [0.29, 0.717) is 0 Å². The van der Waals surface area contributed by atoms with Gasteiger partial charge in [0.15, 0.2) is 0 Å². The van der Waals surface area contributed by atoms with E-state index in [2.05, 4.69) is 4.98 Å². The van der Waals surface area contributed by atoms with E-state index < -0.39 is 0 Å². The number of aliphatic hydroxyl groups excluding tert-OH is 1. The molecule has 1 heterocycles. The van der Waals surface area contributed by atoms with Crippen molar-refractivity contribution in [3.8, 4) is 0 Å². The predicted molar refractivity (Wildman–Crippen MR) is 48.9 cm³/mol. The molecule has 1 rings (SSSR count). The third-order valence-electron chi connectivity index (χ3n) is 1.78. The van der Waals surface area contributed by atoms with Gasteiger partial charge < -0.3 is 5.11 Å². The van der Waals surface area contributed by atoms with Crippen LogP contribution >= 0.6 is 0 Å². The third-order valence-corrected chi connectivity index (χ3v) is 1.78. The van der Waals surface area contributed by atoms with Crippen molar-refractivity contribution in [2.45, 2.75) is 32.3 Å². The van der Waals surface area contributed by atoms with Gasteiger partial charge in [-0.1, -0.05) is 6.07 Å². The SMILES string of the molecule is C[C@@H](O)CCCc1ccccn1. The second-order valence-electron chi connectivity index (χ2n) is 3.06. The summed E-state index contributed by atoms with van der Waals surface area (Å²) in [5, 5.41) is 9.01. The lowest BCUT2D eigenvalue weighted by atomic mass is 10.1. The van der Waals surface area contributed by atoms with E-state index >= 15 is 0 Å². The van der Waals surface area contributed by atoms with Crippen molar-refractivity contribution in [3.63, 3.8) is 0 Å². The van der Waals surface area contributed by atoms with Gasteiger partial charge in [-0.2, -0.15) is 0 Å². The second-order valence-corrected chi connectivity index (χ2v) is 3.06. The number of nitrogens with zero attached hydrogens (tertiary/aromatic N) is 1. The molecule has 0 aliphatic carbocycles. The molecule has 0 saturated heterocycles. The summed E-state index contributed by atoms with van der Waals surface area (Å²) < 4.78 is 0. The van der Waals surface area contributed by atoms with E-state index in [4.69, 9.17) is 5.11 Å². The van der Waals surface area contributed by atoms with Crippen LogP contribution in [0.25, 0.3) is 0 Å². The fourth-order valence-electron chi connectivity index (χ4n) is 1.12. The molecule has 12 heavy (non-hydrogen) atoms. The predicted octanol–water partition coefficient (Wildman–Crippen LogP) is 1.79. The lowest BCUT2D eigenvalue weighted by molar-refractivity contribution is 0.181. The number of rotatable bonds is 4. The van der Waals surface area contributed by atoms with Crippen LogP contribution in [0, 0.1) is 0 Å². The van der Waals surface area contributed by atoms with Crippen LogP contribution in [0.3, 0.4) is 0 Å². The third kappa shape index (κ3) is 3.49. The molecule has 2 heteroatoms. The zero-order valence-electron chi connectivity index (χ0n) is 7.40. The lowest BCUT2D eigenvalue weighted by Crippen LogP contribution is -2.00. The highest BCUT2D eigenvalue weighted by Gasteiger charge is 1.96. The van der Waals surface area contributed by atoms with E-state index in [0.717, 1.165) is 25.0 Å². The Balaban J connectivity index is 2.25. The minimum absolute atomic E-state index is 0.186. The molecule has 0 aliphatic rings. The molecule has 66 valence electrons. The quantitative estimate of drug-likeness (QED) is 0.737. The van der Waals surface area contributed by atoms with Crippen LogP contribution in [0.2, 0.25) is 0 Å². The Morgan fingerprint density at radius 2 is 2.33 bits per heavy atom. The van der Waals surface area contributed by atoms with Crippen molar-refractivity contribution in [2.24, 2.45) is 0 Å². The van der Waals surface area contributed by atoms with Crippen molar-refractivity contribution < 1.29 is 5.11 Å². The first-order chi connectivity index (χ1) is 5.79.